The van der Waals surface area contributed by atoms with Crippen molar-refractivity contribution in [3.63, 3.8) is 0 Å². The molecule has 1 rings (SSSR count). The average Bonchev–Trinajstić information content (AvgIpc) is 2.38. The molecule has 0 radical (unpaired) electrons. The molecule has 1 fully saturated rings. The fourth-order valence-corrected chi connectivity index (χ4v) is 2.44. The summed E-state index contributed by atoms with van der Waals surface area (Å²) in [5, 5.41) is 4.69. The van der Waals surface area contributed by atoms with Gasteiger partial charge in [-0.1, -0.05) is 19.3 Å². The normalized spacial score (nSPS) is 17.1. The van der Waals surface area contributed by atoms with E-state index in [0.29, 0.717) is 12.3 Å². The summed E-state index contributed by atoms with van der Waals surface area (Å²) in [7, 11) is 0. The van der Waals surface area contributed by atoms with Crippen molar-refractivity contribution in [1.29, 1.82) is 0 Å². The molecule has 0 saturated heterocycles. The Hall–Kier alpha value is -1.59. The molecule has 21 heavy (non-hydrogen) atoms. The number of hydrogen-bond donors (Lipinski definition) is 2. The molecule has 2 N–H and O–H groups in total. The van der Waals surface area contributed by atoms with E-state index in [-0.39, 0.29) is 12.0 Å². The van der Waals surface area contributed by atoms with Crippen LogP contribution in [0.4, 0.5) is 4.79 Å². The van der Waals surface area contributed by atoms with Crippen LogP contribution in [0.1, 0.15) is 59.3 Å². The van der Waals surface area contributed by atoms with Gasteiger partial charge in [0.05, 0.1) is 0 Å². The molecule has 1 aliphatic carbocycles. The van der Waals surface area contributed by atoms with E-state index >= 15 is 0 Å². The van der Waals surface area contributed by atoms with Crippen molar-refractivity contribution in [2.75, 3.05) is 0 Å². The van der Waals surface area contributed by atoms with Crippen LogP contribution in [0.3, 0.4) is 0 Å². The van der Waals surface area contributed by atoms with Crippen LogP contribution in [0.15, 0.2) is 0 Å². The lowest BCUT2D eigenvalue weighted by Gasteiger charge is -2.21. The van der Waals surface area contributed by atoms with Crippen LogP contribution in [-0.2, 0) is 14.3 Å². The number of esters is 1. The number of rotatable bonds is 5. The van der Waals surface area contributed by atoms with Gasteiger partial charge >= 0.3 is 12.0 Å². The van der Waals surface area contributed by atoms with Crippen LogP contribution < -0.4 is 10.6 Å². The Labute approximate surface area is 126 Å². The van der Waals surface area contributed by atoms with Crippen molar-refractivity contribution in [2.24, 2.45) is 5.92 Å². The molecule has 1 unspecified atom stereocenters. The Bertz CT molecular complexity index is 376. The van der Waals surface area contributed by atoms with Gasteiger partial charge in [-0.3, -0.25) is 14.9 Å². The lowest BCUT2D eigenvalue weighted by atomic mass is 9.87. The molecular formula is C15H26N2O4. The smallest absolute Gasteiger partial charge is 0.321 e. The van der Waals surface area contributed by atoms with Crippen molar-refractivity contribution in [3.05, 3.63) is 0 Å². The molecule has 120 valence electrons. The molecule has 0 aromatic carbocycles. The number of carbonyl (C=O) groups excluding carboxylic acids is 3. The van der Waals surface area contributed by atoms with Crippen LogP contribution in [-0.4, -0.2) is 30.1 Å². The van der Waals surface area contributed by atoms with Gasteiger partial charge in [-0.25, -0.2) is 4.79 Å². The third-order valence-electron chi connectivity index (χ3n) is 3.51. The predicted molar refractivity (Wildman–Crippen MR) is 78.6 cm³/mol. The van der Waals surface area contributed by atoms with Crippen molar-refractivity contribution in [2.45, 2.75) is 71.4 Å². The van der Waals surface area contributed by atoms with Gasteiger partial charge in [0.2, 0.25) is 0 Å². The lowest BCUT2D eigenvalue weighted by molar-refractivity contribution is -0.155. The minimum absolute atomic E-state index is 0.0676. The predicted octanol–water partition coefficient (Wildman–Crippen LogP) is 2.12. The number of amides is 3. The van der Waals surface area contributed by atoms with Crippen molar-refractivity contribution in [1.82, 2.24) is 10.6 Å². The van der Waals surface area contributed by atoms with Crippen LogP contribution in [0, 0.1) is 5.92 Å². The molecule has 1 aliphatic rings. The monoisotopic (exact) mass is 298 g/mol. The molecule has 3 amide bonds. The second-order valence-electron chi connectivity index (χ2n) is 5.96. The molecule has 0 aliphatic heterocycles. The molecule has 0 aromatic heterocycles. The summed E-state index contributed by atoms with van der Waals surface area (Å²) < 4.78 is 5.09. The maximum Gasteiger partial charge on any atom is 0.321 e. The summed E-state index contributed by atoms with van der Waals surface area (Å²) in [6.45, 7) is 5.05. The number of carbonyl (C=O) groups is 3. The van der Waals surface area contributed by atoms with E-state index < -0.39 is 18.0 Å². The lowest BCUT2D eigenvalue weighted by Crippen LogP contribution is -2.46. The zero-order chi connectivity index (χ0) is 15.8. The summed E-state index contributed by atoms with van der Waals surface area (Å²) in [6, 6.07) is -0.646. The first-order valence-corrected chi connectivity index (χ1v) is 7.69. The molecule has 1 saturated carbocycles. The highest BCUT2D eigenvalue weighted by Gasteiger charge is 2.23. The molecular weight excluding hydrogens is 272 g/mol. The van der Waals surface area contributed by atoms with E-state index in [1.165, 1.54) is 13.3 Å². The molecule has 6 nitrogen and oxygen atoms in total. The summed E-state index contributed by atoms with van der Waals surface area (Å²) >= 11 is 0. The fraction of sp³-hybridized carbons (Fsp3) is 0.800. The van der Waals surface area contributed by atoms with Crippen molar-refractivity contribution >= 4 is 17.9 Å². The fourth-order valence-electron chi connectivity index (χ4n) is 2.44. The number of hydrogen-bond acceptors (Lipinski definition) is 4. The van der Waals surface area contributed by atoms with Gasteiger partial charge in [-0.2, -0.15) is 0 Å². The molecule has 0 heterocycles. The van der Waals surface area contributed by atoms with Gasteiger partial charge in [0.1, 0.15) is 0 Å². The van der Waals surface area contributed by atoms with Crippen LogP contribution in [0.2, 0.25) is 0 Å². The first kappa shape index (κ1) is 17.5. The molecule has 0 spiro atoms. The summed E-state index contributed by atoms with van der Waals surface area (Å²) in [5.41, 5.74) is 0. The Balaban J connectivity index is 2.30. The maximum absolute atomic E-state index is 11.8. The molecule has 1 atom stereocenters. The van der Waals surface area contributed by atoms with Crippen molar-refractivity contribution in [3.8, 4) is 0 Å². The first-order chi connectivity index (χ1) is 9.88. The van der Waals surface area contributed by atoms with E-state index in [2.05, 4.69) is 10.6 Å². The highest BCUT2D eigenvalue weighted by Crippen LogP contribution is 2.26. The molecule has 6 heteroatoms. The van der Waals surface area contributed by atoms with E-state index in [9.17, 15) is 14.4 Å². The van der Waals surface area contributed by atoms with Crippen LogP contribution in [0.5, 0.6) is 0 Å². The summed E-state index contributed by atoms with van der Waals surface area (Å²) in [4.78, 5) is 34.9. The summed E-state index contributed by atoms with van der Waals surface area (Å²) in [5.74, 6) is -0.607. The standard InChI is InChI=1S/C15H26N2O4/c1-10(2)16-15(20)17-14(19)11(3)21-13(18)9-12-7-5-4-6-8-12/h10-12H,4-9H2,1-3H3,(H2,16,17,19,20). The SMILES string of the molecule is CC(C)NC(=O)NC(=O)C(C)OC(=O)CC1CCCCC1. The Morgan fingerprint density at radius 1 is 1.10 bits per heavy atom. The first-order valence-electron chi connectivity index (χ1n) is 7.69. The number of ether oxygens (including phenoxy) is 1. The van der Waals surface area contributed by atoms with Crippen LogP contribution in [0.25, 0.3) is 0 Å². The van der Waals surface area contributed by atoms with Crippen molar-refractivity contribution < 1.29 is 19.1 Å². The Morgan fingerprint density at radius 3 is 2.29 bits per heavy atom. The third kappa shape index (κ3) is 7.11. The van der Waals surface area contributed by atoms with Gasteiger partial charge in [-0.05, 0) is 39.5 Å². The van der Waals surface area contributed by atoms with E-state index in [1.807, 2.05) is 0 Å². The number of nitrogens with one attached hydrogen (secondary N) is 2. The van der Waals surface area contributed by atoms with Gasteiger partial charge in [-0.15, -0.1) is 0 Å². The second kappa shape index (κ2) is 8.64. The average molecular weight is 298 g/mol. The second-order valence-corrected chi connectivity index (χ2v) is 5.96. The summed E-state index contributed by atoms with van der Waals surface area (Å²) in [6.07, 6.45) is 5.04. The third-order valence-corrected chi connectivity index (χ3v) is 3.51. The van der Waals surface area contributed by atoms with Gasteiger partial charge in [0.25, 0.3) is 5.91 Å². The minimum atomic E-state index is -0.959. The van der Waals surface area contributed by atoms with E-state index in [1.54, 1.807) is 13.8 Å². The maximum atomic E-state index is 11.8. The van der Waals surface area contributed by atoms with Gasteiger partial charge in [0, 0.05) is 12.5 Å². The van der Waals surface area contributed by atoms with Crippen LogP contribution >= 0.6 is 0 Å². The largest absolute Gasteiger partial charge is 0.453 e. The van der Waals surface area contributed by atoms with E-state index in [0.717, 1.165) is 25.7 Å². The molecule has 0 aromatic rings. The quantitative estimate of drug-likeness (QED) is 0.761. The minimum Gasteiger partial charge on any atom is -0.453 e. The highest BCUT2D eigenvalue weighted by molar-refractivity contribution is 5.97. The van der Waals surface area contributed by atoms with Gasteiger partial charge in [0.15, 0.2) is 6.10 Å². The number of urea groups is 1. The molecule has 0 bridgehead atoms. The van der Waals surface area contributed by atoms with Gasteiger partial charge < -0.3 is 10.1 Å². The Morgan fingerprint density at radius 2 is 1.71 bits per heavy atom. The highest BCUT2D eigenvalue weighted by atomic mass is 16.5. The Kier molecular flexibility index (Phi) is 7.19. The van der Waals surface area contributed by atoms with E-state index in [4.69, 9.17) is 4.74 Å². The zero-order valence-electron chi connectivity index (χ0n) is 13.1. The topological polar surface area (TPSA) is 84.5 Å². The zero-order valence-corrected chi connectivity index (χ0v) is 13.1. The number of imide groups is 1.